The number of imide groups is 1. The molecule has 6 nitrogen and oxygen atoms in total. The normalized spacial score (nSPS) is 19.5. The molecule has 30 heavy (non-hydrogen) atoms. The molecule has 2 N–H and O–H groups in total. The molecule has 158 valence electrons. The van der Waals surface area contributed by atoms with E-state index in [0.717, 1.165) is 11.3 Å². The van der Waals surface area contributed by atoms with Crippen LogP contribution in [0.4, 0.5) is 14.9 Å². The van der Waals surface area contributed by atoms with Crippen LogP contribution in [-0.4, -0.2) is 29.3 Å². The molecule has 1 aliphatic rings. The maximum atomic E-state index is 13.3. The van der Waals surface area contributed by atoms with Gasteiger partial charge in [-0.1, -0.05) is 45.0 Å². The Balaban J connectivity index is 1.71. The van der Waals surface area contributed by atoms with E-state index in [4.69, 9.17) is 0 Å². The average molecular weight is 411 g/mol. The molecule has 1 aliphatic heterocycles. The van der Waals surface area contributed by atoms with Gasteiger partial charge >= 0.3 is 6.03 Å². The van der Waals surface area contributed by atoms with Crippen molar-refractivity contribution in [2.24, 2.45) is 0 Å². The Hall–Kier alpha value is -3.22. The Bertz CT molecular complexity index is 943. The molecule has 2 unspecified atom stereocenters. The van der Waals surface area contributed by atoms with E-state index in [1.807, 2.05) is 12.1 Å². The smallest absolute Gasteiger partial charge is 0.325 e. The monoisotopic (exact) mass is 411 g/mol. The molecule has 0 aromatic heterocycles. The molecule has 1 heterocycles. The maximum absolute atomic E-state index is 13.3. The second-order valence-electron chi connectivity index (χ2n) is 7.57. The van der Waals surface area contributed by atoms with Crippen molar-refractivity contribution in [1.29, 1.82) is 0 Å². The van der Waals surface area contributed by atoms with Gasteiger partial charge in [0.1, 0.15) is 17.9 Å². The van der Waals surface area contributed by atoms with Gasteiger partial charge in [0.15, 0.2) is 0 Å². The van der Waals surface area contributed by atoms with Gasteiger partial charge in [-0.3, -0.25) is 14.5 Å². The number of hydrogen-bond acceptors (Lipinski definition) is 3. The highest BCUT2D eigenvalue weighted by molar-refractivity contribution is 6.10. The number of hydrogen-bond donors (Lipinski definition) is 2. The molecule has 2 aromatic carbocycles. The highest BCUT2D eigenvalue weighted by Gasteiger charge is 2.51. The van der Waals surface area contributed by atoms with Crippen LogP contribution < -0.4 is 10.6 Å². The van der Waals surface area contributed by atoms with Crippen molar-refractivity contribution in [3.63, 3.8) is 0 Å². The Morgan fingerprint density at radius 2 is 1.73 bits per heavy atom. The highest BCUT2D eigenvalue weighted by Crippen LogP contribution is 2.32. The molecule has 0 saturated carbocycles. The van der Waals surface area contributed by atoms with Crippen molar-refractivity contribution in [1.82, 2.24) is 10.2 Å². The number of anilines is 1. The number of amides is 4. The number of nitrogens with one attached hydrogen (secondary N) is 2. The van der Waals surface area contributed by atoms with E-state index < -0.39 is 35.7 Å². The fourth-order valence-electron chi connectivity index (χ4n) is 3.62. The molecule has 0 aliphatic carbocycles. The molecule has 3 rings (SSSR count). The number of urea groups is 1. The number of carbonyl (C=O) groups is 3. The molecule has 1 fully saturated rings. The molecular formula is C23H26FN3O3. The molecule has 0 bridgehead atoms. The van der Waals surface area contributed by atoms with Crippen molar-refractivity contribution >= 4 is 23.5 Å². The Kier molecular flexibility index (Phi) is 6.20. The van der Waals surface area contributed by atoms with Crippen molar-refractivity contribution in [2.45, 2.75) is 45.1 Å². The van der Waals surface area contributed by atoms with Crippen molar-refractivity contribution < 1.29 is 18.8 Å². The summed E-state index contributed by atoms with van der Waals surface area (Å²) in [7, 11) is 0. The number of halogens is 1. The predicted molar refractivity (Wildman–Crippen MR) is 112 cm³/mol. The van der Waals surface area contributed by atoms with Gasteiger partial charge in [-0.15, -0.1) is 0 Å². The van der Waals surface area contributed by atoms with Crippen LogP contribution in [0.2, 0.25) is 0 Å². The SMILES string of the molecule is CCC(C)c1ccc(NC(=O)CN2C(=O)NC(CC)(c3ccc(F)cc3)C2=O)cc1. The zero-order chi connectivity index (χ0) is 21.9. The first-order valence-electron chi connectivity index (χ1n) is 10.1. The first kappa shape index (κ1) is 21.5. The van der Waals surface area contributed by atoms with Crippen molar-refractivity contribution in [3.05, 3.63) is 65.5 Å². The maximum Gasteiger partial charge on any atom is 0.325 e. The van der Waals surface area contributed by atoms with Crippen LogP contribution in [0.25, 0.3) is 0 Å². The summed E-state index contributed by atoms with van der Waals surface area (Å²) in [5.41, 5.74) is 0.951. The van der Waals surface area contributed by atoms with E-state index in [-0.39, 0.29) is 6.42 Å². The van der Waals surface area contributed by atoms with Crippen molar-refractivity contribution in [3.8, 4) is 0 Å². The summed E-state index contributed by atoms with van der Waals surface area (Å²) in [6.45, 7) is 5.59. The molecule has 2 aromatic rings. The fraction of sp³-hybridized carbons (Fsp3) is 0.348. The van der Waals surface area contributed by atoms with Gasteiger partial charge < -0.3 is 10.6 Å². The molecule has 7 heteroatoms. The first-order chi connectivity index (χ1) is 14.3. The standard InChI is InChI=1S/C23H26FN3O3/c1-4-15(3)16-6-12-19(13-7-16)25-20(28)14-27-21(29)23(5-2,26-22(27)30)17-8-10-18(24)11-9-17/h6-13,15H,4-5,14H2,1-3H3,(H,25,28)(H,26,30). The molecule has 4 amide bonds. The second kappa shape index (κ2) is 8.65. The van der Waals surface area contributed by atoms with E-state index in [0.29, 0.717) is 17.2 Å². The zero-order valence-corrected chi connectivity index (χ0v) is 17.4. The van der Waals surface area contributed by atoms with Crippen LogP contribution in [0.3, 0.4) is 0 Å². The first-order valence-corrected chi connectivity index (χ1v) is 10.1. The third-order valence-electron chi connectivity index (χ3n) is 5.72. The van der Waals surface area contributed by atoms with E-state index in [1.165, 1.54) is 29.8 Å². The van der Waals surface area contributed by atoms with Gasteiger partial charge in [0.25, 0.3) is 5.91 Å². The molecule has 2 atom stereocenters. The summed E-state index contributed by atoms with van der Waals surface area (Å²) in [4.78, 5) is 38.9. The van der Waals surface area contributed by atoms with Gasteiger partial charge in [-0.2, -0.15) is 0 Å². The number of benzene rings is 2. The summed E-state index contributed by atoms with van der Waals surface area (Å²) < 4.78 is 13.3. The summed E-state index contributed by atoms with van der Waals surface area (Å²) >= 11 is 0. The lowest BCUT2D eigenvalue weighted by Gasteiger charge is -2.25. The van der Waals surface area contributed by atoms with Crippen LogP contribution in [0, 0.1) is 5.82 Å². The fourth-order valence-corrected chi connectivity index (χ4v) is 3.62. The quantitative estimate of drug-likeness (QED) is 0.673. The third kappa shape index (κ3) is 4.06. The minimum Gasteiger partial charge on any atom is -0.325 e. The molecule has 0 radical (unpaired) electrons. The predicted octanol–water partition coefficient (Wildman–Crippen LogP) is 4.14. The Morgan fingerprint density at radius 1 is 1.10 bits per heavy atom. The average Bonchev–Trinajstić information content (AvgIpc) is 2.99. The Morgan fingerprint density at radius 3 is 2.30 bits per heavy atom. The molecule has 0 spiro atoms. The van der Waals surface area contributed by atoms with E-state index in [9.17, 15) is 18.8 Å². The Labute approximate surface area is 175 Å². The second-order valence-corrected chi connectivity index (χ2v) is 7.57. The number of rotatable bonds is 7. The van der Waals surface area contributed by atoms with Crippen LogP contribution in [-0.2, 0) is 15.1 Å². The lowest BCUT2D eigenvalue weighted by atomic mass is 9.87. The van der Waals surface area contributed by atoms with Crippen LogP contribution in [0.5, 0.6) is 0 Å². The van der Waals surface area contributed by atoms with Gasteiger partial charge in [0, 0.05) is 5.69 Å². The van der Waals surface area contributed by atoms with Crippen LogP contribution in [0.15, 0.2) is 48.5 Å². The van der Waals surface area contributed by atoms with E-state index >= 15 is 0 Å². The summed E-state index contributed by atoms with van der Waals surface area (Å²) in [6.07, 6.45) is 1.30. The topological polar surface area (TPSA) is 78.5 Å². The van der Waals surface area contributed by atoms with Crippen LogP contribution >= 0.6 is 0 Å². The van der Waals surface area contributed by atoms with E-state index in [1.54, 1.807) is 19.1 Å². The summed E-state index contributed by atoms with van der Waals surface area (Å²) in [5.74, 6) is -1.00. The molecular weight excluding hydrogens is 385 g/mol. The highest BCUT2D eigenvalue weighted by atomic mass is 19.1. The van der Waals surface area contributed by atoms with Gasteiger partial charge in [0.05, 0.1) is 0 Å². The number of nitrogens with zero attached hydrogens (tertiary/aromatic N) is 1. The molecule has 1 saturated heterocycles. The van der Waals surface area contributed by atoms with Gasteiger partial charge in [0.2, 0.25) is 5.91 Å². The van der Waals surface area contributed by atoms with Gasteiger partial charge in [-0.05, 0) is 54.2 Å². The third-order valence-corrected chi connectivity index (χ3v) is 5.72. The van der Waals surface area contributed by atoms with Crippen molar-refractivity contribution in [2.75, 3.05) is 11.9 Å². The van der Waals surface area contributed by atoms with Gasteiger partial charge in [-0.25, -0.2) is 9.18 Å². The van der Waals surface area contributed by atoms with Crippen LogP contribution in [0.1, 0.15) is 50.7 Å². The van der Waals surface area contributed by atoms with E-state index in [2.05, 4.69) is 24.5 Å². The summed E-state index contributed by atoms with van der Waals surface area (Å²) in [5, 5.41) is 5.41. The minimum atomic E-state index is -1.30. The minimum absolute atomic E-state index is 0.276. The largest absolute Gasteiger partial charge is 0.325 e. The lowest BCUT2D eigenvalue weighted by molar-refractivity contribution is -0.134. The zero-order valence-electron chi connectivity index (χ0n) is 17.4. The number of carbonyl (C=O) groups excluding carboxylic acids is 3. The lowest BCUT2D eigenvalue weighted by Crippen LogP contribution is -2.44. The summed E-state index contributed by atoms with van der Waals surface area (Å²) in [6, 6.07) is 12.3.